The van der Waals surface area contributed by atoms with Gasteiger partial charge in [0.1, 0.15) is 0 Å². The standard InChI is InChI=1S/C14H22O/c1-11(2)7-6-8-13(5)10-14(15)9-12(3)4/h7,9H,5-6,8,10H2,1-4H3. The summed E-state index contributed by atoms with van der Waals surface area (Å²) in [7, 11) is 0. The number of carbonyl (C=O) groups excluding carboxylic acids is 1. The van der Waals surface area contributed by atoms with Gasteiger partial charge in [-0.1, -0.05) is 29.4 Å². The number of rotatable bonds is 6. The molecule has 0 amide bonds. The van der Waals surface area contributed by atoms with Crippen LogP contribution in [0.5, 0.6) is 0 Å². The lowest BCUT2D eigenvalue weighted by atomic mass is 10.0. The van der Waals surface area contributed by atoms with E-state index in [1.807, 2.05) is 13.8 Å². The Balaban J connectivity index is 3.90. The van der Waals surface area contributed by atoms with Gasteiger partial charge in [0, 0.05) is 6.42 Å². The third-order valence-electron chi connectivity index (χ3n) is 1.92. The van der Waals surface area contributed by atoms with Crippen LogP contribution < -0.4 is 0 Å². The lowest BCUT2D eigenvalue weighted by Crippen LogP contribution is -1.95. The Morgan fingerprint density at radius 1 is 1.13 bits per heavy atom. The fourth-order valence-electron chi connectivity index (χ4n) is 1.27. The molecule has 0 rings (SSSR count). The summed E-state index contributed by atoms with van der Waals surface area (Å²) in [6, 6.07) is 0. The molecule has 84 valence electrons. The summed E-state index contributed by atoms with van der Waals surface area (Å²) in [5, 5.41) is 0. The molecule has 1 heteroatoms. The monoisotopic (exact) mass is 206 g/mol. The Morgan fingerprint density at radius 2 is 1.73 bits per heavy atom. The van der Waals surface area contributed by atoms with Crippen LogP contribution in [-0.2, 0) is 4.79 Å². The largest absolute Gasteiger partial charge is 0.295 e. The van der Waals surface area contributed by atoms with Crippen molar-refractivity contribution in [1.29, 1.82) is 0 Å². The van der Waals surface area contributed by atoms with Crippen molar-refractivity contribution in [3.8, 4) is 0 Å². The third kappa shape index (κ3) is 9.20. The maximum atomic E-state index is 11.4. The summed E-state index contributed by atoms with van der Waals surface area (Å²) in [6.07, 6.45) is 6.25. The van der Waals surface area contributed by atoms with Crippen LogP contribution in [0.25, 0.3) is 0 Å². The second kappa shape index (κ2) is 7.22. The second-order valence-electron chi connectivity index (χ2n) is 4.43. The van der Waals surface area contributed by atoms with Gasteiger partial charge in [-0.25, -0.2) is 0 Å². The van der Waals surface area contributed by atoms with Crippen LogP contribution >= 0.6 is 0 Å². The number of hydrogen-bond donors (Lipinski definition) is 0. The van der Waals surface area contributed by atoms with Gasteiger partial charge in [0.2, 0.25) is 0 Å². The summed E-state index contributed by atoms with van der Waals surface area (Å²) >= 11 is 0. The van der Waals surface area contributed by atoms with Gasteiger partial charge in [-0.2, -0.15) is 0 Å². The zero-order chi connectivity index (χ0) is 11.8. The van der Waals surface area contributed by atoms with Gasteiger partial charge >= 0.3 is 0 Å². The molecular formula is C14H22O. The van der Waals surface area contributed by atoms with E-state index >= 15 is 0 Å². The lowest BCUT2D eigenvalue weighted by Gasteiger charge is -2.01. The van der Waals surface area contributed by atoms with E-state index in [-0.39, 0.29) is 5.78 Å². The van der Waals surface area contributed by atoms with Crippen LogP contribution in [0.1, 0.15) is 47.0 Å². The number of ketones is 1. The summed E-state index contributed by atoms with van der Waals surface area (Å²) < 4.78 is 0. The third-order valence-corrected chi connectivity index (χ3v) is 1.92. The predicted molar refractivity (Wildman–Crippen MR) is 66.9 cm³/mol. The molecule has 0 aliphatic carbocycles. The first-order chi connectivity index (χ1) is 6.91. The summed E-state index contributed by atoms with van der Waals surface area (Å²) in [5.74, 6) is 0.164. The molecule has 15 heavy (non-hydrogen) atoms. The molecule has 0 bridgehead atoms. The molecule has 1 nitrogen and oxygen atoms in total. The Labute approximate surface area is 93.6 Å². The molecule has 0 heterocycles. The molecule has 0 N–H and O–H groups in total. The van der Waals surface area contributed by atoms with Gasteiger partial charge in [0.05, 0.1) is 0 Å². The molecule has 0 saturated carbocycles. The zero-order valence-electron chi connectivity index (χ0n) is 10.4. The molecular weight excluding hydrogens is 184 g/mol. The van der Waals surface area contributed by atoms with Crippen molar-refractivity contribution in [1.82, 2.24) is 0 Å². The van der Waals surface area contributed by atoms with Gasteiger partial charge in [-0.3, -0.25) is 4.79 Å². The topological polar surface area (TPSA) is 17.1 Å². The molecule has 0 fully saturated rings. The van der Waals surface area contributed by atoms with Crippen molar-refractivity contribution >= 4 is 5.78 Å². The molecule has 0 aromatic carbocycles. The van der Waals surface area contributed by atoms with Crippen LogP contribution in [-0.4, -0.2) is 5.78 Å². The molecule has 0 aliphatic rings. The van der Waals surface area contributed by atoms with Gasteiger partial charge in [-0.05, 0) is 46.6 Å². The van der Waals surface area contributed by atoms with Crippen molar-refractivity contribution in [2.45, 2.75) is 47.0 Å². The second-order valence-corrected chi connectivity index (χ2v) is 4.43. The molecule has 0 aliphatic heterocycles. The van der Waals surface area contributed by atoms with Gasteiger partial charge < -0.3 is 0 Å². The van der Waals surface area contributed by atoms with E-state index < -0.39 is 0 Å². The number of carbonyl (C=O) groups is 1. The van der Waals surface area contributed by atoms with E-state index in [9.17, 15) is 4.79 Å². The first-order valence-electron chi connectivity index (χ1n) is 5.39. The Morgan fingerprint density at radius 3 is 2.20 bits per heavy atom. The summed E-state index contributed by atoms with van der Waals surface area (Å²) in [4.78, 5) is 11.4. The molecule has 0 aromatic heterocycles. The highest BCUT2D eigenvalue weighted by molar-refractivity contribution is 5.91. The number of hydrogen-bond acceptors (Lipinski definition) is 1. The van der Waals surface area contributed by atoms with E-state index in [0.717, 1.165) is 24.0 Å². The SMILES string of the molecule is C=C(CCC=C(C)C)CC(=O)C=C(C)C. The predicted octanol–water partition coefficient (Wildman–Crippen LogP) is 4.21. The Hall–Kier alpha value is -1.11. The average Bonchev–Trinajstić information content (AvgIpc) is 2.00. The normalized spacial score (nSPS) is 9.33. The lowest BCUT2D eigenvalue weighted by molar-refractivity contribution is -0.114. The van der Waals surface area contributed by atoms with Crippen LogP contribution in [0.4, 0.5) is 0 Å². The highest BCUT2D eigenvalue weighted by atomic mass is 16.1. The highest BCUT2D eigenvalue weighted by Gasteiger charge is 2.00. The molecule has 0 unspecified atom stereocenters. The smallest absolute Gasteiger partial charge is 0.159 e. The number of allylic oxidation sites excluding steroid dienone is 5. The van der Waals surface area contributed by atoms with Crippen molar-refractivity contribution in [2.75, 3.05) is 0 Å². The Bertz CT molecular complexity index is 284. The average molecular weight is 206 g/mol. The maximum Gasteiger partial charge on any atom is 0.159 e. The van der Waals surface area contributed by atoms with Gasteiger partial charge in [0.25, 0.3) is 0 Å². The van der Waals surface area contributed by atoms with Crippen LogP contribution in [0.3, 0.4) is 0 Å². The first kappa shape index (κ1) is 13.9. The highest BCUT2D eigenvalue weighted by Crippen LogP contribution is 2.10. The minimum atomic E-state index is 0.164. The minimum absolute atomic E-state index is 0.164. The van der Waals surface area contributed by atoms with E-state index in [2.05, 4.69) is 26.5 Å². The first-order valence-corrected chi connectivity index (χ1v) is 5.39. The Kier molecular flexibility index (Phi) is 6.68. The fraction of sp³-hybridized carbons (Fsp3) is 0.500. The summed E-state index contributed by atoms with van der Waals surface area (Å²) in [6.45, 7) is 11.9. The van der Waals surface area contributed by atoms with E-state index in [0.29, 0.717) is 6.42 Å². The fourth-order valence-corrected chi connectivity index (χ4v) is 1.27. The molecule has 0 spiro atoms. The van der Waals surface area contributed by atoms with Crippen molar-refractivity contribution in [2.24, 2.45) is 0 Å². The van der Waals surface area contributed by atoms with E-state index in [1.165, 1.54) is 5.57 Å². The van der Waals surface area contributed by atoms with Crippen LogP contribution in [0.15, 0.2) is 35.5 Å². The van der Waals surface area contributed by atoms with Crippen molar-refractivity contribution < 1.29 is 4.79 Å². The van der Waals surface area contributed by atoms with Crippen molar-refractivity contribution in [3.05, 3.63) is 35.5 Å². The summed E-state index contributed by atoms with van der Waals surface area (Å²) in [5.41, 5.74) is 3.39. The molecule has 0 aromatic rings. The minimum Gasteiger partial charge on any atom is -0.295 e. The van der Waals surface area contributed by atoms with Gasteiger partial charge in [0.15, 0.2) is 5.78 Å². The van der Waals surface area contributed by atoms with Gasteiger partial charge in [-0.15, -0.1) is 0 Å². The van der Waals surface area contributed by atoms with Crippen LogP contribution in [0, 0.1) is 0 Å². The van der Waals surface area contributed by atoms with E-state index in [1.54, 1.807) is 6.08 Å². The molecule has 0 saturated heterocycles. The molecule has 0 radical (unpaired) electrons. The quantitative estimate of drug-likeness (QED) is 0.470. The zero-order valence-corrected chi connectivity index (χ0v) is 10.4. The molecule has 0 atom stereocenters. The maximum absolute atomic E-state index is 11.4. The van der Waals surface area contributed by atoms with Crippen LogP contribution in [0.2, 0.25) is 0 Å². The van der Waals surface area contributed by atoms with E-state index in [4.69, 9.17) is 0 Å². The van der Waals surface area contributed by atoms with Crippen molar-refractivity contribution in [3.63, 3.8) is 0 Å².